The fraction of sp³-hybridized carbons (Fsp3) is 0.0638. The molecule has 8 aromatic rings. The van der Waals surface area contributed by atoms with Gasteiger partial charge in [-0.2, -0.15) is 0 Å². The highest BCUT2D eigenvalue weighted by molar-refractivity contribution is 7.22. The molecular formula is C47H32S. The van der Waals surface area contributed by atoms with E-state index in [1.807, 2.05) is 11.3 Å². The van der Waals surface area contributed by atoms with Crippen molar-refractivity contribution < 1.29 is 0 Å². The number of aryl methyl sites for hydroxylation is 1. The Morgan fingerprint density at radius 2 is 1.25 bits per heavy atom. The number of thiophene rings is 1. The predicted octanol–water partition coefficient (Wildman–Crippen LogP) is 12.4. The van der Waals surface area contributed by atoms with Crippen LogP contribution < -0.4 is 0 Å². The van der Waals surface area contributed by atoms with Gasteiger partial charge in [-0.25, -0.2) is 0 Å². The molecule has 226 valence electrons. The smallest absolute Gasteiger partial charge is 0.0740 e. The Morgan fingerprint density at radius 3 is 2.06 bits per heavy atom. The monoisotopic (exact) mass is 628 g/mol. The van der Waals surface area contributed by atoms with Crippen LogP contribution in [-0.4, -0.2) is 0 Å². The number of fused-ring (bicyclic) bond motifs is 13. The minimum atomic E-state index is -0.316. The molecule has 1 spiro atoms. The Labute approximate surface area is 285 Å². The molecule has 0 nitrogen and oxygen atoms in total. The summed E-state index contributed by atoms with van der Waals surface area (Å²) in [4.78, 5) is 1.41. The van der Waals surface area contributed by atoms with Crippen molar-refractivity contribution in [2.24, 2.45) is 0 Å². The molecule has 0 aliphatic heterocycles. The van der Waals surface area contributed by atoms with Gasteiger partial charge >= 0.3 is 0 Å². The van der Waals surface area contributed by atoms with Crippen molar-refractivity contribution in [2.75, 3.05) is 0 Å². The van der Waals surface area contributed by atoms with E-state index < -0.39 is 0 Å². The molecular weight excluding hydrogens is 597 g/mol. The first-order valence-electron chi connectivity index (χ1n) is 16.8. The summed E-state index contributed by atoms with van der Waals surface area (Å²) in [5.41, 5.74) is 15.9. The second-order valence-corrected chi connectivity index (χ2v) is 14.3. The van der Waals surface area contributed by atoms with Crippen molar-refractivity contribution in [1.82, 2.24) is 0 Å². The lowest BCUT2D eigenvalue weighted by Crippen LogP contribution is -2.25. The molecule has 10 rings (SSSR count). The average molecular weight is 629 g/mol. The summed E-state index contributed by atoms with van der Waals surface area (Å²) in [5.74, 6) is 0. The van der Waals surface area contributed by atoms with Crippen LogP contribution in [0.25, 0.3) is 48.0 Å². The van der Waals surface area contributed by atoms with Crippen molar-refractivity contribution >= 4 is 37.8 Å². The summed E-state index contributed by atoms with van der Waals surface area (Å²) in [6.07, 6.45) is 3.30. The van der Waals surface area contributed by atoms with E-state index in [2.05, 4.69) is 171 Å². The van der Waals surface area contributed by atoms with E-state index in [0.29, 0.717) is 0 Å². The van der Waals surface area contributed by atoms with E-state index in [9.17, 15) is 0 Å². The van der Waals surface area contributed by atoms with Gasteiger partial charge in [-0.05, 0) is 114 Å². The van der Waals surface area contributed by atoms with E-state index >= 15 is 0 Å². The predicted molar refractivity (Wildman–Crippen MR) is 204 cm³/mol. The molecule has 0 atom stereocenters. The molecule has 0 unspecified atom stereocenters. The molecule has 1 heterocycles. The number of hydrogen-bond acceptors (Lipinski definition) is 1. The van der Waals surface area contributed by atoms with Gasteiger partial charge in [-0.1, -0.05) is 146 Å². The number of allylic oxidation sites excluding steroid dienone is 1. The zero-order valence-electron chi connectivity index (χ0n) is 26.7. The normalized spacial score (nSPS) is 13.9. The van der Waals surface area contributed by atoms with Gasteiger partial charge in [-0.15, -0.1) is 11.3 Å². The molecule has 0 amide bonds. The molecule has 0 N–H and O–H groups in total. The molecule has 1 aromatic heterocycles. The molecule has 0 fully saturated rings. The van der Waals surface area contributed by atoms with Gasteiger partial charge in [0.05, 0.1) is 5.41 Å². The van der Waals surface area contributed by atoms with Gasteiger partial charge in [0, 0.05) is 9.58 Å². The van der Waals surface area contributed by atoms with Gasteiger partial charge in [-0.3, -0.25) is 0 Å². The van der Waals surface area contributed by atoms with Crippen LogP contribution in [0, 0.1) is 6.92 Å². The lowest BCUT2D eigenvalue weighted by molar-refractivity contribution is 0.802. The topological polar surface area (TPSA) is 0 Å². The molecule has 48 heavy (non-hydrogen) atoms. The molecule has 7 aromatic carbocycles. The standard InChI is InChI=1S/C47H32S/c1-30-12-2-5-15-35(30)36(34-25-24-32-13-3-4-14-33(32)29-34)26-22-31-23-27-43-40(28-31)46-45(39-18-8-11-21-44(39)48-46)47(43)41-19-9-6-16-37(41)38-17-7-10-20-42(38)47/h2-21,23-29H,22H2,1H3/b36-26-. The van der Waals surface area contributed by atoms with Crippen LogP contribution in [0.5, 0.6) is 0 Å². The average Bonchev–Trinajstić information content (AvgIpc) is 3.76. The molecule has 0 saturated heterocycles. The molecule has 2 aliphatic carbocycles. The lowest BCUT2D eigenvalue weighted by Gasteiger charge is -2.30. The largest absolute Gasteiger partial charge is 0.135 e. The van der Waals surface area contributed by atoms with E-state index in [-0.39, 0.29) is 5.41 Å². The summed E-state index contributed by atoms with van der Waals surface area (Å²) in [6.45, 7) is 2.22. The van der Waals surface area contributed by atoms with Crippen LogP contribution in [0.2, 0.25) is 0 Å². The molecule has 0 bridgehead atoms. The maximum absolute atomic E-state index is 2.49. The van der Waals surface area contributed by atoms with Gasteiger partial charge in [0.25, 0.3) is 0 Å². The third-order valence-electron chi connectivity index (χ3n) is 10.7. The van der Waals surface area contributed by atoms with Crippen molar-refractivity contribution in [2.45, 2.75) is 18.8 Å². The Morgan fingerprint density at radius 1 is 0.583 bits per heavy atom. The summed E-state index contributed by atoms with van der Waals surface area (Å²) >= 11 is 1.95. The quantitative estimate of drug-likeness (QED) is 0.182. The van der Waals surface area contributed by atoms with Crippen molar-refractivity contribution in [3.63, 3.8) is 0 Å². The zero-order valence-corrected chi connectivity index (χ0v) is 27.5. The summed E-state index contributed by atoms with van der Waals surface area (Å²) in [7, 11) is 0. The number of benzene rings is 7. The molecule has 0 radical (unpaired) electrons. The van der Waals surface area contributed by atoms with E-state index in [0.717, 1.165) is 6.42 Å². The van der Waals surface area contributed by atoms with E-state index in [1.165, 1.54) is 92.5 Å². The summed E-state index contributed by atoms with van der Waals surface area (Å²) < 4.78 is 1.36. The molecule has 1 heteroatoms. The van der Waals surface area contributed by atoms with Crippen LogP contribution in [0.3, 0.4) is 0 Å². The fourth-order valence-corrected chi connectivity index (χ4v) is 9.90. The van der Waals surface area contributed by atoms with Gasteiger partial charge < -0.3 is 0 Å². The highest BCUT2D eigenvalue weighted by atomic mass is 32.1. The van der Waals surface area contributed by atoms with Crippen molar-refractivity contribution in [3.05, 3.63) is 208 Å². The third-order valence-corrected chi connectivity index (χ3v) is 11.9. The second kappa shape index (κ2) is 10.5. The van der Waals surface area contributed by atoms with E-state index in [4.69, 9.17) is 0 Å². The van der Waals surface area contributed by atoms with Crippen LogP contribution in [0.4, 0.5) is 0 Å². The van der Waals surface area contributed by atoms with Crippen molar-refractivity contribution in [3.8, 4) is 21.6 Å². The Kier molecular flexibility index (Phi) is 6.04. The van der Waals surface area contributed by atoms with Gasteiger partial charge in [0.15, 0.2) is 0 Å². The summed E-state index contributed by atoms with van der Waals surface area (Å²) in [5, 5.41) is 3.92. The van der Waals surface area contributed by atoms with Crippen LogP contribution in [-0.2, 0) is 11.8 Å². The Balaban J connectivity index is 1.17. The molecule has 2 aliphatic rings. The van der Waals surface area contributed by atoms with Crippen LogP contribution >= 0.6 is 11.3 Å². The Hall–Kier alpha value is -5.50. The highest BCUT2D eigenvalue weighted by Gasteiger charge is 2.53. The third kappa shape index (κ3) is 3.83. The summed E-state index contributed by atoms with van der Waals surface area (Å²) in [6, 6.07) is 58.8. The highest BCUT2D eigenvalue weighted by Crippen LogP contribution is 2.65. The van der Waals surface area contributed by atoms with Crippen molar-refractivity contribution in [1.29, 1.82) is 0 Å². The lowest BCUT2D eigenvalue weighted by atomic mass is 9.70. The zero-order chi connectivity index (χ0) is 31.8. The second-order valence-electron chi connectivity index (χ2n) is 13.2. The minimum absolute atomic E-state index is 0.316. The first-order chi connectivity index (χ1) is 23.7. The maximum atomic E-state index is 2.49. The maximum Gasteiger partial charge on any atom is 0.0740 e. The number of hydrogen-bond donors (Lipinski definition) is 0. The van der Waals surface area contributed by atoms with Gasteiger partial charge in [0.2, 0.25) is 0 Å². The fourth-order valence-electron chi connectivity index (χ4n) is 8.61. The SMILES string of the molecule is Cc1ccccc1/C(=C\Cc1ccc2c(c1)-c1sc3ccccc3c1C21c2ccccc2-c2ccccc21)c1ccc2ccccc2c1. The minimum Gasteiger partial charge on any atom is -0.135 e. The van der Waals surface area contributed by atoms with E-state index in [1.54, 1.807) is 0 Å². The van der Waals surface area contributed by atoms with Crippen LogP contribution in [0.1, 0.15) is 44.5 Å². The first-order valence-corrected chi connectivity index (χ1v) is 17.6. The number of rotatable bonds is 4. The Bertz CT molecular complexity index is 2570. The first kappa shape index (κ1) is 27.6. The van der Waals surface area contributed by atoms with Crippen LogP contribution in [0.15, 0.2) is 164 Å². The van der Waals surface area contributed by atoms with Gasteiger partial charge in [0.1, 0.15) is 0 Å². The molecule has 0 saturated carbocycles.